The largest absolute Gasteiger partial charge is 0.348 e. The molecule has 3 nitrogen and oxygen atoms in total. The Morgan fingerprint density at radius 1 is 1.14 bits per heavy atom. The van der Waals surface area contributed by atoms with E-state index in [9.17, 15) is 18.0 Å². The number of likely N-dealkylation sites (tertiary alicyclic amines) is 1. The molecule has 0 spiro atoms. The van der Waals surface area contributed by atoms with Gasteiger partial charge in [0.1, 0.15) is 5.82 Å². The molecular weight excluding hydrogens is 385 g/mol. The van der Waals surface area contributed by atoms with E-state index in [0.29, 0.717) is 35.8 Å². The minimum atomic E-state index is -2.53. The minimum absolute atomic E-state index is 0.0854. The molecule has 1 amide bonds. The topological polar surface area (TPSA) is 32.3 Å². The molecule has 4 rings (SSSR count). The lowest BCUT2D eigenvalue weighted by Gasteiger charge is -2.31. The second-order valence-electron chi connectivity index (χ2n) is 7.29. The van der Waals surface area contributed by atoms with Gasteiger partial charge in [0.2, 0.25) is 0 Å². The van der Waals surface area contributed by atoms with Crippen LogP contribution in [0.2, 0.25) is 1.41 Å². The molecule has 0 aromatic heterocycles. The fourth-order valence-corrected chi connectivity index (χ4v) is 4.59. The number of rotatable bonds is 5. The Morgan fingerprint density at radius 2 is 1.82 bits per heavy atom. The third kappa shape index (κ3) is 4.36. The van der Waals surface area contributed by atoms with Gasteiger partial charge in [-0.2, -0.15) is 0 Å². The molecule has 2 heterocycles. The number of halogens is 3. The Labute approximate surface area is 167 Å². The molecule has 0 radical (unpaired) electrons. The third-order valence-corrected chi connectivity index (χ3v) is 6.35. The van der Waals surface area contributed by atoms with E-state index in [2.05, 4.69) is 0 Å². The lowest BCUT2D eigenvalue weighted by molar-refractivity contribution is -0.0566. The zero-order chi connectivity index (χ0) is 20.6. The van der Waals surface area contributed by atoms with Gasteiger partial charge in [0.25, 0.3) is 11.8 Å². The molecule has 0 unspecified atom stereocenters. The Balaban J connectivity index is 1.37. The van der Waals surface area contributed by atoms with Gasteiger partial charge in [-0.05, 0) is 28.8 Å². The highest BCUT2D eigenvalue weighted by Gasteiger charge is 2.33. The van der Waals surface area contributed by atoms with E-state index in [0.717, 1.165) is 16.4 Å². The van der Waals surface area contributed by atoms with Crippen LogP contribution in [0, 0.1) is 5.82 Å². The van der Waals surface area contributed by atoms with Gasteiger partial charge in [-0.3, -0.25) is 9.69 Å². The van der Waals surface area contributed by atoms with Crippen LogP contribution in [0.15, 0.2) is 41.3 Å². The van der Waals surface area contributed by atoms with Gasteiger partial charge in [-0.1, -0.05) is 24.3 Å². The maximum Gasteiger partial charge on any atom is 0.252 e. The van der Waals surface area contributed by atoms with Gasteiger partial charge in [0.15, 0.2) is 1.41 Å². The van der Waals surface area contributed by atoms with Crippen LogP contribution >= 0.6 is 11.8 Å². The number of carbonyl (C=O) groups excluding carboxylic acids is 1. The molecule has 2 aliphatic heterocycles. The zero-order valence-corrected chi connectivity index (χ0v) is 16.1. The van der Waals surface area contributed by atoms with Crippen molar-refractivity contribution < 1.29 is 19.4 Å². The highest BCUT2D eigenvalue weighted by Crippen LogP contribution is 2.32. The van der Waals surface area contributed by atoms with E-state index >= 15 is 0 Å². The van der Waals surface area contributed by atoms with Crippen LogP contribution in [-0.4, -0.2) is 29.8 Å². The standard InChI is InChI=1S/C21H21F3N2OS/c22-16-9-17-18(11-25-20(17)27)19(10-16)28-13-15-3-1-14(2-4-15)12-26-7-5-21(23,24)6-8-26/h1-4,9-10H,5-8,11-13H2,(H,25,27)/i/hD. The third-order valence-electron chi connectivity index (χ3n) is 5.20. The molecule has 2 aromatic rings. The highest BCUT2D eigenvalue weighted by molar-refractivity contribution is 7.98. The lowest BCUT2D eigenvalue weighted by Crippen LogP contribution is -2.38. The van der Waals surface area contributed by atoms with Crippen LogP contribution in [0.1, 0.15) is 39.9 Å². The second-order valence-corrected chi connectivity index (χ2v) is 8.31. The molecule has 2 aromatic carbocycles. The smallest absolute Gasteiger partial charge is 0.252 e. The summed E-state index contributed by atoms with van der Waals surface area (Å²) < 4.78 is 48.0. The molecule has 0 atom stereocenters. The average molecular weight is 407 g/mol. The summed E-state index contributed by atoms with van der Waals surface area (Å²) in [6.07, 6.45) is -0.171. The molecule has 148 valence electrons. The van der Waals surface area contributed by atoms with Gasteiger partial charge in [-0.15, -0.1) is 11.8 Å². The number of carbonyl (C=O) groups is 1. The van der Waals surface area contributed by atoms with Gasteiger partial charge in [0.05, 0.1) is 0 Å². The first-order chi connectivity index (χ1) is 13.8. The van der Waals surface area contributed by atoms with Crippen molar-refractivity contribution in [2.75, 3.05) is 13.1 Å². The summed E-state index contributed by atoms with van der Waals surface area (Å²) in [4.78, 5) is 14.7. The number of amides is 1. The monoisotopic (exact) mass is 407 g/mol. The summed E-state index contributed by atoms with van der Waals surface area (Å²) in [5.41, 5.74) is 3.10. The van der Waals surface area contributed by atoms with E-state index in [1.807, 2.05) is 29.2 Å². The number of hydrogen-bond donors (Lipinski definition) is 1. The van der Waals surface area contributed by atoms with Crippen LogP contribution in [0.4, 0.5) is 13.2 Å². The summed E-state index contributed by atoms with van der Waals surface area (Å²) in [5.74, 6) is -2.87. The number of piperidine rings is 1. The Morgan fingerprint density at radius 3 is 2.54 bits per heavy atom. The van der Waals surface area contributed by atoms with Gasteiger partial charge >= 0.3 is 0 Å². The second kappa shape index (κ2) is 7.79. The van der Waals surface area contributed by atoms with Gasteiger partial charge < -0.3 is 5.31 Å². The predicted molar refractivity (Wildman–Crippen MR) is 103 cm³/mol. The fraction of sp³-hybridized carbons (Fsp3) is 0.381. The summed E-state index contributed by atoms with van der Waals surface area (Å²) in [7, 11) is 0. The first kappa shape index (κ1) is 18.1. The quantitative estimate of drug-likeness (QED) is 0.736. The summed E-state index contributed by atoms with van der Waals surface area (Å²) in [5, 5.41) is 0.847. The van der Waals surface area contributed by atoms with Crippen molar-refractivity contribution in [1.29, 1.82) is 0 Å². The maximum atomic E-state index is 13.9. The number of nitrogens with one attached hydrogen (secondary N) is 1. The summed E-state index contributed by atoms with van der Waals surface area (Å²) >= 11 is 1.44. The fourth-order valence-electron chi connectivity index (χ4n) is 3.53. The van der Waals surface area contributed by atoms with Crippen LogP contribution in [0.3, 0.4) is 0 Å². The van der Waals surface area contributed by atoms with E-state index < -0.39 is 17.6 Å². The molecule has 2 aliphatic rings. The molecular formula is C21H21F3N2OS. The zero-order valence-electron chi connectivity index (χ0n) is 16.3. The van der Waals surface area contributed by atoms with Gasteiger partial charge in [-0.25, -0.2) is 13.2 Å². The van der Waals surface area contributed by atoms with Crippen molar-refractivity contribution in [1.82, 2.24) is 10.2 Å². The van der Waals surface area contributed by atoms with Crippen molar-refractivity contribution in [3.8, 4) is 0 Å². The predicted octanol–water partition coefficient (Wildman–Crippen LogP) is 4.59. The highest BCUT2D eigenvalue weighted by atomic mass is 32.2. The number of hydrogen-bond acceptors (Lipinski definition) is 3. The number of thioether (sulfide) groups is 1. The number of benzene rings is 2. The van der Waals surface area contributed by atoms with Gasteiger partial charge in [0, 0.05) is 55.2 Å². The molecule has 28 heavy (non-hydrogen) atoms. The lowest BCUT2D eigenvalue weighted by atomic mass is 10.1. The molecule has 0 aliphatic carbocycles. The minimum Gasteiger partial charge on any atom is -0.348 e. The van der Waals surface area contributed by atoms with E-state index in [1.54, 1.807) is 0 Å². The molecule has 1 N–H and O–H groups in total. The Bertz CT molecular complexity index is 913. The SMILES string of the molecule is [2H]N1Cc2c(SCc3ccc(CN4CCC(F)(F)CC4)cc3)cc(F)cc2C1=O. The Hall–Kier alpha value is -1.99. The Kier molecular flexibility index (Phi) is 5.03. The summed E-state index contributed by atoms with van der Waals surface area (Å²) in [6, 6.07) is 10.6. The molecule has 1 fully saturated rings. The molecule has 0 saturated carbocycles. The van der Waals surface area contributed by atoms with E-state index in [1.165, 1.54) is 23.9 Å². The van der Waals surface area contributed by atoms with Crippen LogP contribution in [0.5, 0.6) is 0 Å². The van der Waals surface area contributed by atoms with Crippen LogP contribution < -0.4 is 5.31 Å². The first-order valence-electron chi connectivity index (χ1n) is 9.69. The molecule has 1 saturated heterocycles. The number of fused-ring (bicyclic) bond motifs is 1. The molecule has 7 heteroatoms. The van der Waals surface area contributed by atoms with Crippen molar-refractivity contribution in [3.63, 3.8) is 0 Å². The normalized spacial score (nSPS) is 19.6. The number of alkyl halides is 2. The van der Waals surface area contributed by atoms with Crippen LogP contribution in [0.25, 0.3) is 0 Å². The molecule has 0 bridgehead atoms. The van der Waals surface area contributed by atoms with E-state index in [-0.39, 0.29) is 24.9 Å². The van der Waals surface area contributed by atoms with E-state index in [4.69, 9.17) is 1.41 Å². The average Bonchev–Trinajstić information content (AvgIpc) is 2.97. The van der Waals surface area contributed by atoms with Crippen LogP contribution in [-0.2, 0) is 18.8 Å². The number of nitrogens with zero attached hydrogens (tertiary/aromatic N) is 1. The first-order valence-corrected chi connectivity index (χ1v) is 10.2. The van der Waals surface area contributed by atoms with Crippen molar-refractivity contribution in [2.24, 2.45) is 0 Å². The van der Waals surface area contributed by atoms with Crippen molar-refractivity contribution in [3.05, 3.63) is 64.5 Å². The van der Waals surface area contributed by atoms with Crippen molar-refractivity contribution in [2.45, 2.75) is 42.5 Å². The maximum absolute atomic E-state index is 13.9. The summed E-state index contributed by atoms with van der Waals surface area (Å²) in [6.45, 7) is 1.63. The van der Waals surface area contributed by atoms with Crippen molar-refractivity contribution >= 4 is 17.7 Å².